The molecule has 7 nitrogen and oxygen atoms in total. The average Bonchev–Trinajstić information content (AvgIpc) is 2.75. The Hall–Kier alpha value is -2.44. The number of amides is 2. The maximum Gasteiger partial charge on any atom is 0.325 e. The van der Waals surface area contributed by atoms with Crippen LogP contribution in [0, 0.1) is 0 Å². The fourth-order valence-electron chi connectivity index (χ4n) is 1.40. The second-order valence-corrected chi connectivity index (χ2v) is 3.73. The maximum atomic E-state index is 11.5. The number of carboxylic acids is 1. The fourth-order valence-corrected chi connectivity index (χ4v) is 1.40. The largest absolute Gasteiger partial charge is 0.480 e. The van der Waals surface area contributed by atoms with Gasteiger partial charge in [0.1, 0.15) is 6.04 Å². The number of ether oxygens (including phenoxy) is 2. The lowest BCUT2D eigenvalue weighted by atomic mass is 10.3. The van der Waals surface area contributed by atoms with Crippen LogP contribution in [-0.4, -0.2) is 29.9 Å². The summed E-state index contributed by atoms with van der Waals surface area (Å²) in [7, 11) is 0. The van der Waals surface area contributed by atoms with Gasteiger partial charge < -0.3 is 25.2 Å². The van der Waals surface area contributed by atoms with Crippen LogP contribution in [0.4, 0.5) is 10.5 Å². The minimum Gasteiger partial charge on any atom is -0.480 e. The van der Waals surface area contributed by atoms with Gasteiger partial charge in [0.15, 0.2) is 11.5 Å². The van der Waals surface area contributed by atoms with E-state index < -0.39 is 18.0 Å². The standard InChI is InChI=1S/C11H12N2O5/c1-6(10(14)15)12-11(16)13-7-2-3-8-9(4-7)18-5-17-8/h2-4,6H,5H2,1H3,(H,14,15)(H2,12,13,16)/t6-/m1/s1. The Balaban J connectivity index is 1.97. The Morgan fingerprint density at radius 2 is 2.06 bits per heavy atom. The number of fused-ring (bicyclic) bond motifs is 1. The molecule has 1 aromatic carbocycles. The van der Waals surface area contributed by atoms with Crippen molar-refractivity contribution >= 4 is 17.7 Å². The summed E-state index contributed by atoms with van der Waals surface area (Å²) in [5.41, 5.74) is 0.495. The summed E-state index contributed by atoms with van der Waals surface area (Å²) >= 11 is 0. The third kappa shape index (κ3) is 2.62. The van der Waals surface area contributed by atoms with Gasteiger partial charge >= 0.3 is 12.0 Å². The summed E-state index contributed by atoms with van der Waals surface area (Å²) in [4.78, 5) is 22.0. The molecule has 96 valence electrons. The van der Waals surface area contributed by atoms with Gasteiger partial charge in [0.25, 0.3) is 0 Å². The van der Waals surface area contributed by atoms with Crippen LogP contribution >= 0.6 is 0 Å². The molecular formula is C11H12N2O5. The summed E-state index contributed by atoms with van der Waals surface area (Å²) in [5.74, 6) is 0.0507. The van der Waals surface area contributed by atoms with Gasteiger partial charge in [-0.1, -0.05) is 0 Å². The highest BCUT2D eigenvalue weighted by Crippen LogP contribution is 2.34. The van der Waals surface area contributed by atoms with Crippen molar-refractivity contribution in [3.05, 3.63) is 18.2 Å². The lowest BCUT2D eigenvalue weighted by Gasteiger charge is -2.10. The molecule has 0 aliphatic carbocycles. The minimum absolute atomic E-state index is 0.154. The molecule has 2 amide bonds. The first-order valence-corrected chi connectivity index (χ1v) is 5.26. The van der Waals surface area contributed by atoms with Crippen molar-refractivity contribution in [2.24, 2.45) is 0 Å². The molecule has 1 atom stereocenters. The smallest absolute Gasteiger partial charge is 0.325 e. The molecule has 1 aliphatic rings. The van der Waals surface area contributed by atoms with Gasteiger partial charge in [-0.3, -0.25) is 4.79 Å². The molecule has 0 radical (unpaired) electrons. The SMILES string of the molecule is C[C@@H](NC(=O)Nc1ccc2c(c1)OCO2)C(=O)O. The summed E-state index contributed by atoms with van der Waals surface area (Å²) in [6.45, 7) is 1.53. The number of carbonyl (C=O) groups excluding carboxylic acids is 1. The van der Waals surface area contributed by atoms with E-state index in [4.69, 9.17) is 14.6 Å². The third-order valence-electron chi connectivity index (χ3n) is 2.35. The molecule has 18 heavy (non-hydrogen) atoms. The zero-order valence-electron chi connectivity index (χ0n) is 9.60. The Morgan fingerprint density at radius 1 is 1.33 bits per heavy atom. The monoisotopic (exact) mass is 252 g/mol. The van der Waals surface area contributed by atoms with Crippen LogP contribution in [0.5, 0.6) is 11.5 Å². The fraction of sp³-hybridized carbons (Fsp3) is 0.273. The summed E-state index contributed by atoms with van der Waals surface area (Å²) in [6.07, 6.45) is 0. The van der Waals surface area contributed by atoms with E-state index in [0.717, 1.165) is 0 Å². The molecule has 3 N–H and O–H groups in total. The Kier molecular flexibility index (Phi) is 3.22. The van der Waals surface area contributed by atoms with Gasteiger partial charge in [-0.05, 0) is 19.1 Å². The summed E-state index contributed by atoms with van der Waals surface area (Å²) in [6, 6.07) is 3.35. The van der Waals surface area contributed by atoms with E-state index in [0.29, 0.717) is 17.2 Å². The molecule has 1 aliphatic heterocycles. The Morgan fingerprint density at radius 3 is 2.78 bits per heavy atom. The van der Waals surface area contributed by atoms with E-state index in [2.05, 4.69) is 10.6 Å². The minimum atomic E-state index is -1.10. The summed E-state index contributed by atoms with van der Waals surface area (Å²) in [5, 5.41) is 13.4. The molecule has 1 heterocycles. The highest BCUT2D eigenvalue weighted by Gasteiger charge is 2.16. The molecule has 0 saturated heterocycles. The van der Waals surface area contributed by atoms with E-state index in [1.807, 2.05) is 0 Å². The molecule has 0 fully saturated rings. The average molecular weight is 252 g/mol. The number of urea groups is 1. The van der Waals surface area contributed by atoms with Crippen LogP contribution < -0.4 is 20.1 Å². The van der Waals surface area contributed by atoms with Crippen LogP contribution in [0.3, 0.4) is 0 Å². The van der Waals surface area contributed by atoms with E-state index in [1.165, 1.54) is 6.92 Å². The zero-order chi connectivity index (χ0) is 13.1. The molecule has 2 rings (SSSR count). The maximum absolute atomic E-state index is 11.5. The van der Waals surface area contributed by atoms with Crippen LogP contribution in [0.2, 0.25) is 0 Å². The molecular weight excluding hydrogens is 240 g/mol. The molecule has 0 aromatic heterocycles. The number of aliphatic carboxylic acids is 1. The molecule has 1 aromatic rings. The lowest BCUT2D eigenvalue weighted by Crippen LogP contribution is -2.40. The van der Waals surface area contributed by atoms with Crippen molar-refractivity contribution in [2.45, 2.75) is 13.0 Å². The van der Waals surface area contributed by atoms with Gasteiger partial charge in [0, 0.05) is 11.8 Å². The first kappa shape index (κ1) is 12.0. The predicted molar refractivity (Wildman–Crippen MR) is 61.8 cm³/mol. The van der Waals surface area contributed by atoms with Crippen molar-refractivity contribution in [2.75, 3.05) is 12.1 Å². The molecule has 0 unspecified atom stereocenters. The van der Waals surface area contributed by atoms with Crippen molar-refractivity contribution in [3.63, 3.8) is 0 Å². The Labute approximate surface area is 103 Å². The number of hydrogen-bond donors (Lipinski definition) is 3. The normalized spacial score (nSPS) is 13.8. The van der Waals surface area contributed by atoms with Crippen molar-refractivity contribution in [1.82, 2.24) is 5.32 Å². The highest BCUT2D eigenvalue weighted by atomic mass is 16.7. The number of benzene rings is 1. The summed E-state index contributed by atoms with van der Waals surface area (Å²) < 4.78 is 10.3. The van der Waals surface area contributed by atoms with E-state index in [9.17, 15) is 9.59 Å². The predicted octanol–water partition coefficient (Wildman–Crippen LogP) is 1.01. The van der Waals surface area contributed by atoms with Gasteiger partial charge in [-0.15, -0.1) is 0 Å². The topological polar surface area (TPSA) is 96.9 Å². The van der Waals surface area contributed by atoms with Crippen molar-refractivity contribution in [1.29, 1.82) is 0 Å². The van der Waals surface area contributed by atoms with Crippen LogP contribution in [0.15, 0.2) is 18.2 Å². The van der Waals surface area contributed by atoms with Gasteiger partial charge in [-0.25, -0.2) is 4.79 Å². The van der Waals surface area contributed by atoms with E-state index in [-0.39, 0.29) is 6.79 Å². The van der Waals surface area contributed by atoms with Gasteiger partial charge in [0.2, 0.25) is 6.79 Å². The Bertz CT molecular complexity index is 488. The molecule has 0 bridgehead atoms. The van der Waals surface area contributed by atoms with Gasteiger partial charge in [-0.2, -0.15) is 0 Å². The van der Waals surface area contributed by atoms with Crippen LogP contribution in [-0.2, 0) is 4.79 Å². The van der Waals surface area contributed by atoms with Crippen LogP contribution in [0.1, 0.15) is 6.92 Å². The highest BCUT2D eigenvalue weighted by molar-refractivity contribution is 5.92. The zero-order valence-corrected chi connectivity index (χ0v) is 9.60. The second-order valence-electron chi connectivity index (χ2n) is 3.73. The lowest BCUT2D eigenvalue weighted by molar-refractivity contribution is -0.138. The van der Waals surface area contributed by atoms with E-state index in [1.54, 1.807) is 18.2 Å². The second kappa shape index (κ2) is 4.82. The quantitative estimate of drug-likeness (QED) is 0.746. The number of hydrogen-bond acceptors (Lipinski definition) is 4. The first-order valence-electron chi connectivity index (χ1n) is 5.26. The van der Waals surface area contributed by atoms with Crippen molar-refractivity contribution in [3.8, 4) is 11.5 Å². The molecule has 7 heteroatoms. The number of nitrogens with one attached hydrogen (secondary N) is 2. The van der Waals surface area contributed by atoms with Crippen LogP contribution in [0.25, 0.3) is 0 Å². The number of carbonyl (C=O) groups is 2. The van der Waals surface area contributed by atoms with Crippen molar-refractivity contribution < 1.29 is 24.2 Å². The number of rotatable bonds is 3. The molecule has 0 spiro atoms. The number of anilines is 1. The number of carboxylic acid groups (broad SMARTS) is 1. The molecule has 0 saturated carbocycles. The van der Waals surface area contributed by atoms with E-state index >= 15 is 0 Å². The first-order chi connectivity index (χ1) is 8.56. The van der Waals surface area contributed by atoms with Gasteiger partial charge in [0.05, 0.1) is 0 Å². The third-order valence-corrected chi connectivity index (χ3v) is 2.35.